The molecule has 0 aliphatic heterocycles. The summed E-state index contributed by atoms with van der Waals surface area (Å²) < 4.78 is 84.2. The standard InChI is InChI=1S/C38H24O/c1-2-12-25(13-3-1)26-14-10-15-27(24-26)36-28-16-4-6-18-30(28)37(31-19-7-5-17-29(31)36)33-21-11-23-35-38(33)32-20-8-9-22-34(32)39-35/h1-24H/i1D,2D,3D,10D,12D,13D,14D,15D,24D. The van der Waals surface area contributed by atoms with Crippen molar-refractivity contribution in [2.24, 2.45) is 0 Å². The minimum Gasteiger partial charge on any atom is -0.456 e. The summed E-state index contributed by atoms with van der Waals surface area (Å²) in [7, 11) is 0. The molecule has 0 N–H and O–H groups in total. The van der Waals surface area contributed by atoms with Gasteiger partial charge in [0.25, 0.3) is 0 Å². The largest absolute Gasteiger partial charge is 0.456 e. The van der Waals surface area contributed by atoms with Gasteiger partial charge in [0.2, 0.25) is 0 Å². The predicted octanol–water partition coefficient (Wildman–Crippen LogP) is 10.9. The predicted molar refractivity (Wildman–Crippen MR) is 165 cm³/mol. The van der Waals surface area contributed by atoms with Gasteiger partial charge in [0.15, 0.2) is 0 Å². The van der Waals surface area contributed by atoms with Crippen molar-refractivity contribution < 1.29 is 16.8 Å². The van der Waals surface area contributed by atoms with E-state index >= 15 is 0 Å². The number of furan rings is 1. The minimum absolute atomic E-state index is 0.0451. The van der Waals surface area contributed by atoms with Crippen LogP contribution in [0.1, 0.15) is 12.3 Å². The first-order valence-corrected chi connectivity index (χ1v) is 12.6. The molecule has 182 valence electrons. The Morgan fingerprint density at radius 1 is 0.436 bits per heavy atom. The van der Waals surface area contributed by atoms with Gasteiger partial charge in [-0.05, 0) is 73.1 Å². The molecule has 0 unspecified atom stereocenters. The lowest BCUT2D eigenvalue weighted by atomic mass is 9.84. The molecule has 7 aromatic carbocycles. The van der Waals surface area contributed by atoms with Gasteiger partial charge in [0.05, 0.1) is 12.3 Å². The number of rotatable bonds is 3. The Labute approximate surface area is 239 Å². The van der Waals surface area contributed by atoms with Gasteiger partial charge >= 0.3 is 0 Å². The quantitative estimate of drug-likeness (QED) is 0.218. The SMILES string of the molecule is [2H]c1c([2H])c([2H])c(-c2c([2H])c([2H])c([2H])c(-c3c4ccccc4c(-c4cccc5oc6ccccc6c45)c4ccccc34)c2[2H])c([2H])c1[2H]. The normalized spacial score (nSPS) is 14.8. The van der Waals surface area contributed by atoms with Crippen molar-refractivity contribution in [1.29, 1.82) is 0 Å². The maximum Gasteiger partial charge on any atom is 0.136 e. The van der Waals surface area contributed by atoms with Gasteiger partial charge in [-0.15, -0.1) is 0 Å². The zero-order valence-corrected chi connectivity index (χ0v) is 20.6. The number of para-hydroxylation sites is 1. The van der Waals surface area contributed by atoms with E-state index < -0.39 is 42.3 Å². The fraction of sp³-hybridized carbons (Fsp3) is 0. The van der Waals surface area contributed by atoms with E-state index in [4.69, 9.17) is 15.4 Å². The second-order valence-corrected chi connectivity index (χ2v) is 9.37. The average molecular weight is 506 g/mol. The van der Waals surface area contributed by atoms with Crippen molar-refractivity contribution in [2.75, 3.05) is 0 Å². The highest BCUT2D eigenvalue weighted by atomic mass is 16.3. The monoisotopic (exact) mass is 505 g/mol. The van der Waals surface area contributed by atoms with Crippen LogP contribution in [0.15, 0.2) is 150 Å². The average Bonchev–Trinajstić information content (AvgIpc) is 3.49. The summed E-state index contributed by atoms with van der Waals surface area (Å²) in [6, 6.07) is 24.4. The second kappa shape index (κ2) is 8.72. The summed E-state index contributed by atoms with van der Waals surface area (Å²) in [5, 5.41) is 4.97. The summed E-state index contributed by atoms with van der Waals surface area (Å²) >= 11 is 0. The zero-order chi connectivity index (χ0) is 33.6. The molecular formula is C38H24O. The van der Waals surface area contributed by atoms with Crippen molar-refractivity contribution in [3.05, 3.63) is 145 Å². The molecule has 1 nitrogen and oxygen atoms in total. The highest BCUT2D eigenvalue weighted by molar-refractivity contribution is 6.25. The number of benzene rings is 7. The van der Waals surface area contributed by atoms with Crippen LogP contribution in [0.2, 0.25) is 0 Å². The molecule has 0 amide bonds. The molecule has 8 aromatic rings. The third-order valence-electron chi connectivity index (χ3n) is 7.23. The molecule has 0 saturated carbocycles. The molecule has 0 spiro atoms. The fourth-order valence-electron chi connectivity index (χ4n) is 5.64. The van der Waals surface area contributed by atoms with E-state index in [-0.39, 0.29) is 28.8 Å². The van der Waals surface area contributed by atoms with Gasteiger partial charge in [0, 0.05) is 10.8 Å². The molecular weight excluding hydrogens is 472 g/mol. The third-order valence-corrected chi connectivity index (χ3v) is 7.23. The number of hydrogen-bond donors (Lipinski definition) is 0. The maximum absolute atomic E-state index is 9.46. The lowest BCUT2D eigenvalue weighted by Crippen LogP contribution is -1.91. The Bertz CT molecular complexity index is 2590. The lowest BCUT2D eigenvalue weighted by molar-refractivity contribution is 0.669. The van der Waals surface area contributed by atoms with Crippen molar-refractivity contribution in [1.82, 2.24) is 0 Å². The molecule has 1 heteroatoms. The lowest BCUT2D eigenvalue weighted by Gasteiger charge is -2.18. The summed E-state index contributed by atoms with van der Waals surface area (Å²) in [5.74, 6) is 0. The summed E-state index contributed by atoms with van der Waals surface area (Å²) in [5.41, 5.74) is 3.28. The van der Waals surface area contributed by atoms with Crippen molar-refractivity contribution >= 4 is 43.5 Å². The van der Waals surface area contributed by atoms with Crippen LogP contribution in [-0.4, -0.2) is 0 Å². The third kappa shape index (κ3) is 3.41. The fourth-order valence-corrected chi connectivity index (χ4v) is 5.64. The summed E-state index contributed by atoms with van der Waals surface area (Å²) in [6.45, 7) is 0. The number of hydrogen-bond acceptors (Lipinski definition) is 1. The topological polar surface area (TPSA) is 13.1 Å². The molecule has 1 aromatic heterocycles. The van der Waals surface area contributed by atoms with Gasteiger partial charge in [0.1, 0.15) is 11.2 Å². The Balaban J connectivity index is 1.55. The van der Waals surface area contributed by atoms with Gasteiger partial charge in [-0.3, -0.25) is 0 Å². The van der Waals surface area contributed by atoms with E-state index in [1.807, 2.05) is 84.9 Å². The molecule has 39 heavy (non-hydrogen) atoms. The summed E-state index contributed by atoms with van der Waals surface area (Å²) in [6.07, 6.45) is 0. The van der Waals surface area contributed by atoms with E-state index in [0.717, 1.165) is 43.8 Å². The van der Waals surface area contributed by atoms with E-state index in [2.05, 4.69) is 6.07 Å². The van der Waals surface area contributed by atoms with Gasteiger partial charge < -0.3 is 4.42 Å². The molecule has 0 fully saturated rings. The van der Waals surface area contributed by atoms with Crippen molar-refractivity contribution in [3.8, 4) is 33.4 Å². The smallest absolute Gasteiger partial charge is 0.136 e. The number of fused-ring (bicyclic) bond motifs is 5. The molecule has 0 aliphatic carbocycles. The van der Waals surface area contributed by atoms with Gasteiger partial charge in [-0.2, -0.15) is 0 Å². The van der Waals surface area contributed by atoms with Gasteiger partial charge in [-0.25, -0.2) is 0 Å². The first-order chi connectivity index (χ1) is 23.1. The van der Waals surface area contributed by atoms with Crippen LogP contribution in [0.4, 0.5) is 0 Å². The van der Waals surface area contributed by atoms with Crippen LogP contribution in [0, 0.1) is 0 Å². The Hall–Kier alpha value is -5.14. The maximum atomic E-state index is 9.46. The second-order valence-electron chi connectivity index (χ2n) is 9.37. The molecule has 0 atom stereocenters. The molecule has 1 heterocycles. The van der Waals surface area contributed by atoms with E-state index in [0.29, 0.717) is 16.3 Å². The first kappa shape index (κ1) is 14.7. The Morgan fingerprint density at radius 3 is 1.72 bits per heavy atom. The highest BCUT2D eigenvalue weighted by Crippen LogP contribution is 2.47. The van der Waals surface area contributed by atoms with Crippen LogP contribution in [0.3, 0.4) is 0 Å². The van der Waals surface area contributed by atoms with Crippen molar-refractivity contribution in [2.45, 2.75) is 0 Å². The molecule has 8 rings (SSSR count). The van der Waals surface area contributed by atoms with Gasteiger partial charge in [-0.1, -0.05) is 127 Å². The van der Waals surface area contributed by atoms with Crippen LogP contribution < -0.4 is 0 Å². The minimum atomic E-state index is -0.603. The summed E-state index contributed by atoms with van der Waals surface area (Å²) in [4.78, 5) is 0. The Morgan fingerprint density at radius 2 is 1.00 bits per heavy atom. The molecule has 0 radical (unpaired) electrons. The molecule has 0 bridgehead atoms. The zero-order valence-electron chi connectivity index (χ0n) is 29.6. The molecule has 0 aliphatic rings. The van der Waals surface area contributed by atoms with Crippen molar-refractivity contribution in [3.63, 3.8) is 0 Å². The van der Waals surface area contributed by atoms with Crippen LogP contribution >= 0.6 is 0 Å². The molecule has 0 saturated heterocycles. The highest BCUT2D eigenvalue weighted by Gasteiger charge is 2.20. The first-order valence-electron chi connectivity index (χ1n) is 17.1. The van der Waals surface area contributed by atoms with E-state index in [1.54, 1.807) is 0 Å². The van der Waals surface area contributed by atoms with E-state index in [9.17, 15) is 1.37 Å². The van der Waals surface area contributed by atoms with Crippen LogP contribution in [0.5, 0.6) is 0 Å². The Kier molecular flexibility index (Phi) is 3.29. The van der Waals surface area contributed by atoms with Crippen LogP contribution in [-0.2, 0) is 0 Å². The van der Waals surface area contributed by atoms with E-state index in [1.165, 1.54) is 0 Å². The van der Waals surface area contributed by atoms with Crippen LogP contribution in [0.25, 0.3) is 76.9 Å².